The third-order valence-corrected chi connectivity index (χ3v) is 4.32. The van der Waals surface area contributed by atoms with Gasteiger partial charge < -0.3 is 0 Å². The van der Waals surface area contributed by atoms with E-state index in [0.717, 1.165) is 17.3 Å². The number of aryl methyl sites for hydroxylation is 1. The molecule has 2 heterocycles. The van der Waals surface area contributed by atoms with Gasteiger partial charge in [0.05, 0.1) is 5.52 Å². The van der Waals surface area contributed by atoms with Crippen molar-refractivity contribution in [2.75, 3.05) is 11.4 Å². The van der Waals surface area contributed by atoms with Crippen LogP contribution in [-0.4, -0.2) is 28.3 Å². The van der Waals surface area contributed by atoms with Crippen molar-refractivity contribution in [3.05, 3.63) is 36.4 Å². The molecule has 6 heteroatoms. The molecule has 0 bridgehead atoms. The number of fused-ring (bicyclic) bond motifs is 1. The number of hydrogen-bond acceptors (Lipinski definition) is 3. The summed E-state index contributed by atoms with van der Waals surface area (Å²) in [7, 11) is 1.86. The number of hydrogen-bond donors (Lipinski definition) is 1. The van der Waals surface area contributed by atoms with Crippen molar-refractivity contribution in [3.63, 3.8) is 0 Å². The number of imide groups is 1. The van der Waals surface area contributed by atoms with E-state index in [-0.39, 0.29) is 12.3 Å². The SMILES string of the molecule is C=CC(CC)c1ccc2c(N3CCC(=O)NC3=O)nn(C)c2c1. The molecule has 1 N–H and O–H groups in total. The van der Waals surface area contributed by atoms with Crippen molar-refractivity contribution >= 4 is 28.7 Å². The topological polar surface area (TPSA) is 67.2 Å². The third kappa shape index (κ3) is 2.60. The number of rotatable bonds is 4. The van der Waals surface area contributed by atoms with Gasteiger partial charge in [-0.15, -0.1) is 6.58 Å². The zero-order valence-corrected chi connectivity index (χ0v) is 13.4. The number of carbonyl (C=O) groups excluding carboxylic acids is 2. The standard InChI is InChI=1S/C17H20N4O2/c1-4-11(5-2)12-6-7-13-14(10-12)20(3)19-16(13)21-9-8-15(22)18-17(21)23/h4,6-7,10-11H,1,5,8-9H2,2-3H3,(H,18,22,23). The number of allylic oxidation sites excluding steroid dienone is 1. The number of benzene rings is 1. The third-order valence-electron chi connectivity index (χ3n) is 4.32. The van der Waals surface area contributed by atoms with Gasteiger partial charge in [-0.05, 0) is 24.1 Å². The molecule has 1 atom stereocenters. The molecule has 3 rings (SSSR count). The van der Waals surface area contributed by atoms with Crippen LogP contribution in [-0.2, 0) is 11.8 Å². The molecule has 1 saturated heterocycles. The highest BCUT2D eigenvalue weighted by atomic mass is 16.2. The summed E-state index contributed by atoms with van der Waals surface area (Å²) in [5, 5.41) is 7.72. The molecule has 1 aliphatic rings. The molecule has 23 heavy (non-hydrogen) atoms. The molecule has 6 nitrogen and oxygen atoms in total. The monoisotopic (exact) mass is 312 g/mol. The van der Waals surface area contributed by atoms with Crippen LogP contribution in [0.15, 0.2) is 30.9 Å². The first kappa shape index (κ1) is 15.3. The van der Waals surface area contributed by atoms with E-state index in [0.29, 0.717) is 18.3 Å². The first-order valence-corrected chi connectivity index (χ1v) is 7.75. The summed E-state index contributed by atoms with van der Waals surface area (Å²) in [6.07, 6.45) is 3.22. The van der Waals surface area contributed by atoms with E-state index in [2.05, 4.69) is 36.1 Å². The number of nitrogens with zero attached hydrogens (tertiary/aromatic N) is 3. The van der Waals surface area contributed by atoms with Crippen molar-refractivity contribution in [3.8, 4) is 0 Å². The number of aromatic nitrogens is 2. The molecule has 1 aromatic carbocycles. The van der Waals surface area contributed by atoms with Crippen LogP contribution in [0.3, 0.4) is 0 Å². The molecule has 2 aromatic rings. The Morgan fingerprint density at radius 3 is 2.87 bits per heavy atom. The van der Waals surface area contributed by atoms with Crippen LogP contribution in [0.25, 0.3) is 10.9 Å². The molecular formula is C17H20N4O2. The summed E-state index contributed by atoms with van der Waals surface area (Å²) in [6.45, 7) is 6.37. The minimum Gasteiger partial charge on any atom is -0.278 e. The molecule has 1 fully saturated rings. The van der Waals surface area contributed by atoms with Gasteiger partial charge in [-0.3, -0.25) is 19.7 Å². The molecule has 0 aliphatic carbocycles. The van der Waals surface area contributed by atoms with Gasteiger partial charge in [0.2, 0.25) is 5.91 Å². The Hall–Kier alpha value is -2.63. The molecule has 120 valence electrons. The molecule has 3 amide bonds. The van der Waals surface area contributed by atoms with Gasteiger partial charge in [-0.25, -0.2) is 4.79 Å². The molecule has 1 unspecified atom stereocenters. The van der Waals surface area contributed by atoms with Crippen molar-refractivity contribution in [1.29, 1.82) is 0 Å². The van der Waals surface area contributed by atoms with Gasteiger partial charge in [0.15, 0.2) is 5.82 Å². The zero-order valence-electron chi connectivity index (χ0n) is 13.4. The maximum Gasteiger partial charge on any atom is 0.329 e. The zero-order chi connectivity index (χ0) is 16.6. The largest absolute Gasteiger partial charge is 0.329 e. The van der Waals surface area contributed by atoms with Crippen LogP contribution in [0.2, 0.25) is 0 Å². The Bertz CT molecular complexity index is 793. The van der Waals surface area contributed by atoms with E-state index in [4.69, 9.17) is 0 Å². The quantitative estimate of drug-likeness (QED) is 0.883. The van der Waals surface area contributed by atoms with E-state index >= 15 is 0 Å². The lowest BCUT2D eigenvalue weighted by molar-refractivity contribution is -0.120. The lowest BCUT2D eigenvalue weighted by Crippen LogP contribution is -2.49. The highest BCUT2D eigenvalue weighted by Gasteiger charge is 2.28. The van der Waals surface area contributed by atoms with Crippen molar-refractivity contribution in [2.45, 2.75) is 25.7 Å². The minimum absolute atomic E-state index is 0.245. The predicted octanol–water partition coefficient (Wildman–Crippen LogP) is 2.70. The summed E-state index contributed by atoms with van der Waals surface area (Å²) >= 11 is 0. The second-order valence-corrected chi connectivity index (χ2v) is 5.73. The number of urea groups is 1. The second kappa shape index (κ2) is 5.87. The fourth-order valence-corrected chi connectivity index (χ4v) is 2.99. The van der Waals surface area contributed by atoms with E-state index in [9.17, 15) is 9.59 Å². The lowest BCUT2D eigenvalue weighted by atomic mass is 9.96. The van der Waals surface area contributed by atoms with E-state index in [1.165, 1.54) is 10.5 Å². The van der Waals surface area contributed by atoms with E-state index in [1.54, 1.807) is 4.68 Å². The summed E-state index contributed by atoms with van der Waals surface area (Å²) in [5.41, 5.74) is 2.14. The van der Waals surface area contributed by atoms with Crippen LogP contribution in [0.1, 0.15) is 31.2 Å². The van der Waals surface area contributed by atoms with Gasteiger partial charge >= 0.3 is 6.03 Å². The van der Waals surface area contributed by atoms with Gasteiger partial charge in [0.25, 0.3) is 0 Å². The van der Waals surface area contributed by atoms with Gasteiger partial charge in [0, 0.05) is 31.3 Å². The average Bonchev–Trinajstić information content (AvgIpc) is 2.85. The highest BCUT2D eigenvalue weighted by Crippen LogP contribution is 2.30. The summed E-state index contributed by atoms with van der Waals surface area (Å²) < 4.78 is 1.77. The van der Waals surface area contributed by atoms with Crippen LogP contribution in [0.4, 0.5) is 10.6 Å². The maximum absolute atomic E-state index is 12.1. The maximum atomic E-state index is 12.1. The molecule has 0 radical (unpaired) electrons. The Balaban J connectivity index is 2.05. The minimum atomic E-state index is -0.414. The Morgan fingerprint density at radius 2 is 2.22 bits per heavy atom. The highest BCUT2D eigenvalue weighted by molar-refractivity contribution is 6.08. The van der Waals surface area contributed by atoms with Gasteiger partial charge in [0.1, 0.15) is 0 Å². The lowest BCUT2D eigenvalue weighted by Gasteiger charge is -2.24. The van der Waals surface area contributed by atoms with Gasteiger partial charge in [-0.2, -0.15) is 5.10 Å². The van der Waals surface area contributed by atoms with Crippen LogP contribution in [0, 0.1) is 0 Å². The number of nitrogens with one attached hydrogen (secondary N) is 1. The predicted molar refractivity (Wildman–Crippen MR) is 89.4 cm³/mol. The first-order chi connectivity index (χ1) is 11.0. The molecular weight excluding hydrogens is 292 g/mol. The molecule has 1 aromatic heterocycles. The second-order valence-electron chi connectivity index (χ2n) is 5.73. The van der Waals surface area contributed by atoms with E-state index < -0.39 is 6.03 Å². The first-order valence-electron chi connectivity index (χ1n) is 7.75. The van der Waals surface area contributed by atoms with Crippen LogP contribution < -0.4 is 10.2 Å². The average molecular weight is 312 g/mol. The molecule has 1 aliphatic heterocycles. The van der Waals surface area contributed by atoms with Crippen molar-refractivity contribution < 1.29 is 9.59 Å². The molecule has 0 saturated carbocycles. The summed E-state index contributed by atoms with van der Waals surface area (Å²) in [5.74, 6) is 0.643. The van der Waals surface area contributed by atoms with E-state index in [1.807, 2.05) is 19.2 Å². The fourth-order valence-electron chi connectivity index (χ4n) is 2.99. The van der Waals surface area contributed by atoms with Crippen molar-refractivity contribution in [1.82, 2.24) is 15.1 Å². The fraction of sp³-hybridized carbons (Fsp3) is 0.353. The Labute approximate surface area is 134 Å². The number of carbonyl (C=O) groups is 2. The smallest absolute Gasteiger partial charge is 0.278 e. The van der Waals surface area contributed by atoms with Crippen molar-refractivity contribution in [2.24, 2.45) is 7.05 Å². The number of amides is 3. The summed E-state index contributed by atoms with van der Waals surface area (Å²) in [4.78, 5) is 24.9. The normalized spacial score (nSPS) is 16.5. The van der Waals surface area contributed by atoms with Crippen LogP contribution in [0.5, 0.6) is 0 Å². The number of anilines is 1. The van der Waals surface area contributed by atoms with Gasteiger partial charge in [-0.1, -0.05) is 19.1 Å². The Morgan fingerprint density at radius 1 is 1.43 bits per heavy atom. The van der Waals surface area contributed by atoms with Crippen LogP contribution >= 0.6 is 0 Å². The summed E-state index contributed by atoms with van der Waals surface area (Å²) in [6, 6.07) is 5.72. The molecule has 0 spiro atoms. The Kier molecular flexibility index (Phi) is 3.90.